The zero-order valence-electron chi connectivity index (χ0n) is 20.9. The highest BCUT2D eigenvalue weighted by atomic mass is 32.2. The predicted octanol–water partition coefficient (Wildman–Crippen LogP) is 4.45. The highest BCUT2D eigenvalue weighted by Crippen LogP contribution is 2.32. The van der Waals surface area contributed by atoms with Gasteiger partial charge in [-0.15, -0.1) is 0 Å². The van der Waals surface area contributed by atoms with Crippen molar-refractivity contribution in [2.24, 2.45) is 0 Å². The molecule has 0 saturated carbocycles. The van der Waals surface area contributed by atoms with Gasteiger partial charge in [0, 0.05) is 36.3 Å². The van der Waals surface area contributed by atoms with Gasteiger partial charge in [0.15, 0.2) is 29.2 Å². The molecule has 4 aromatic rings. The van der Waals surface area contributed by atoms with Gasteiger partial charge in [-0.25, -0.2) is 33.1 Å². The lowest BCUT2D eigenvalue weighted by molar-refractivity contribution is -0.0371. The number of aromatic nitrogens is 5. The minimum absolute atomic E-state index is 0.00184. The zero-order valence-corrected chi connectivity index (χ0v) is 21.7. The van der Waals surface area contributed by atoms with Gasteiger partial charge in [0.1, 0.15) is 17.5 Å². The topological polar surface area (TPSA) is 142 Å². The van der Waals surface area contributed by atoms with E-state index in [1.165, 1.54) is 17.1 Å². The molecule has 1 aliphatic rings. The number of rotatable bonds is 8. The van der Waals surface area contributed by atoms with E-state index in [1.54, 1.807) is 19.2 Å². The molecular formula is C26H23F2N7O3S. The molecule has 5 rings (SSSR count). The third-order valence-corrected chi connectivity index (χ3v) is 7.43. The van der Waals surface area contributed by atoms with Crippen LogP contribution in [0.3, 0.4) is 0 Å². The third kappa shape index (κ3) is 5.31. The minimum Gasteiger partial charge on any atom is -0.593 e. The number of nitriles is 1. The molecule has 2 unspecified atom stereocenters. The Bertz CT molecular complexity index is 1570. The van der Waals surface area contributed by atoms with E-state index in [4.69, 9.17) is 10.00 Å². The molecule has 1 aliphatic heterocycles. The third-order valence-electron chi connectivity index (χ3n) is 6.22. The number of nitrogens with zero attached hydrogens (tertiary/aromatic N) is 6. The molecule has 0 bridgehead atoms. The maximum absolute atomic E-state index is 15.5. The van der Waals surface area contributed by atoms with Crippen molar-refractivity contribution in [2.45, 2.75) is 38.8 Å². The van der Waals surface area contributed by atoms with Crippen LogP contribution in [0, 0.1) is 23.0 Å². The van der Waals surface area contributed by atoms with Gasteiger partial charge in [0.25, 0.3) is 0 Å². The van der Waals surface area contributed by atoms with Crippen molar-refractivity contribution in [2.75, 3.05) is 17.1 Å². The molecule has 0 radical (unpaired) electrons. The van der Waals surface area contributed by atoms with Crippen molar-refractivity contribution in [3.63, 3.8) is 0 Å². The molecule has 1 fully saturated rings. The standard InChI is InChI=1S/C26H23F2N7O3S/c1-2-9-39(37)34-24-19(27)7-6-17(22(24)28)25(36)23-18-10-15(16-13-30-20(11-29)31-14-16)12-32-26(18)35(33-23)21-5-3-4-8-38-21/h6-7,10,12-14,21,34H,2-5,8-9H2,1H3. The van der Waals surface area contributed by atoms with Crippen molar-refractivity contribution >= 4 is 33.9 Å². The number of halogens is 2. The highest BCUT2D eigenvalue weighted by Gasteiger charge is 2.29. The van der Waals surface area contributed by atoms with E-state index < -0.39 is 46.3 Å². The quantitative estimate of drug-likeness (QED) is 0.248. The Morgan fingerprint density at radius 2 is 2.00 bits per heavy atom. The Morgan fingerprint density at radius 3 is 2.69 bits per heavy atom. The van der Waals surface area contributed by atoms with E-state index in [9.17, 15) is 13.7 Å². The normalized spacial score (nSPS) is 16.1. The van der Waals surface area contributed by atoms with Crippen LogP contribution in [0.2, 0.25) is 0 Å². The van der Waals surface area contributed by atoms with Crippen LogP contribution in [0.25, 0.3) is 22.2 Å². The molecule has 2 atom stereocenters. The number of pyridine rings is 1. The van der Waals surface area contributed by atoms with Crippen LogP contribution < -0.4 is 4.72 Å². The van der Waals surface area contributed by atoms with E-state index in [2.05, 4.69) is 24.8 Å². The van der Waals surface area contributed by atoms with Crippen LogP contribution in [0.4, 0.5) is 14.5 Å². The number of anilines is 1. The largest absolute Gasteiger partial charge is 0.593 e. The molecule has 10 nitrogen and oxygen atoms in total. The summed E-state index contributed by atoms with van der Waals surface area (Å²) in [6.45, 7) is 2.31. The average molecular weight is 552 g/mol. The Morgan fingerprint density at radius 1 is 1.23 bits per heavy atom. The van der Waals surface area contributed by atoms with Crippen LogP contribution >= 0.6 is 0 Å². The molecule has 3 aromatic heterocycles. The van der Waals surface area contributed by atoms with Gasteiger partial charge in [0.05, 0.1) is 22.3 Å². The minimum atomic E-state index is -1.73. The van der Waals surface area contributed by atoms with E-state index in [-0.39, 0.29) is 17.3 Å². The summed E-state index contributed by atoms with van der Waals surface area (Å²) in [4.78, 5) is 26.2. The number of ether oxygens (including phenoxy) is 1. The molecule has 0 aliphatic carbocycles. The molecule has 1 N–H and O–H groups in total. The second-order valence-corrected chi connectivity index (χ2v) is 10.2. The lowest BCUT2D eigenvalue weighted by Crippen LogP contribution is -2.20. The maximum Gasteiger partial charge on any atom is 0.232 e. The van der Waals surface area contributed by atoms with Crippen LogP contribution in [0.15, 0.2) is 36.8 Å². The van der Waals surface area contributed by atoms with Crippen molar-refractivity contribution in [1.29, 1.82) is 5.26 Å². The molecule has 0 amide bonds. The van der Waals surface area contributed by atoms with Gasteiger partial charge in [-0.05, 0) is 43.9 Å². The average Bonchev–Trinajstić information content (AvgIpc) is 3.34. The van der Waals surface area contributed by atoms with Crippen molar-refractivity contribution in [3.05, 3.63) is 65.5 Å². The lowest BCUT2D eigenvalue weighted by atomic mass is 10.0. The summed E-state index contributed by atoms with van der Waals surface area (Å²) in [7, 11) is 0. The summed E-state index contributed by atoms with van der Waals surface area (Å²) in [5.74, 6) is -2.75. The monoisotopic (exact) mass is 551 g/mol. The Hall–Kier alpha value is -3.99. The molecule has 13 heteroatoms. The summed E-state index contributed by atoms with van der Waals surface area (Å²) in [5.41, 5.74) is 0.266. The second-order valence-electron chi connectivity index (χ2n) is 8.88. The molecule has 39 heavy (non-hydrogen) atoms. The first-order valence-electron chi connectivity index (χ1n) is 12.3. The number of hydrogen-bond acceptors (Lipinski definition) is 9. The van der Waals surface area contributed by atoms with Gasteiger partial charge in [-0.3, -0.25) is 4.79 Å². The fourth-order valence-electron chi connectivity index (χ4n) is 4.30. The summed E-state index contributed by atoms with van der Waals surface area (Å²) in [5, 5.41) is 13.8. The fraction of sp³-hybridized carbons (Fsp3) is 0.308. The summed E-state index contributed by atoms with van der Waals surface area (Å²) in [6.07, 6.45) is 6.99. The van der Waals surface area contributed by atoms with E-state index in [0.29, 0.717) is 41.6 Å². The highest BCUT2D eigenvalue weighted by molar-refractivity contribution is 7.92. The van der Waals surface area contributed by atoms with E-state index >= 15 is 4.39 Å². The SMILES string of the molecule is CCC[S+]([O-])Nc1c(F)ccc(C(=O)c2nn(C3CCCCO3)c3ncc(-c4cnc(C#N)nc4)cc23)c1F. The molecule has 0 spiro atoms. The second kappa shape index (κ2) is 11.4. The van der Waals surface area contributed by atoms with E-state index in [1.807, 2.05) is 6.07 Å². The van der Waals surface area contributed by atoms with Gasteiger partial charge < -0.3 is 9.29 Å². The molecule has 1 saturated heterocycles. The zero-order chi connectivity index (χ0) is 27.5. The number of carbonyl (C=O) groups excluding carboxylic acids is 1. The van der Waals surface area contributed by atoms with Crippen molar-refractivity contribution in [3.8, 4) is 17.2 Å². The van der Waals surface area contributed by atoms with Crippen LogP contribution in [0.1, 0.15) is 60.7 Å². The smallest absolute Gasteiger partial charge is 0.232 e. The molecule has 1 aromatic carbocycles. The number of nitrogens with one attached hydrogen (secondary N) is 1. The Labute approximate surface area is 225 Å². The van der Waals surface area contributed by atoms with Gasteiger partial charge >= 0.3 is 0 Å². The first-order chi connectivity index (χ1) is 18.9. The van der Waals surface area contributed by atoms with Crippen LogP contribution in [0.5, 0.6) is 0 Å². The molecule has 200 valence electrons. The Kier molecular flexibility index (Phi) is 7.78. The molecule has 4 heterocycles. The van der Waals surface area contributed by atoms with Crippen LogP contribution in [-0.2, 0) is 16.1 Å². The van der Waals surface area contributed by atoms with Gasteiger partial charge in [0.2, 0.25) is 11.6 Å². The van der Waals surface area contributed by atoms with Gasteiger partial charge in [-0.1, -0.05) is 6.92 Å². The number of hydrogen-bond donors (Lipinski definition) is 1. The lowest BCUT2D eigenvalue weighted by Gasteiger charge is -2.23. The number of benzene rings is 1. The van der Waals surface area contributed by atoms with Crippen LogP contribution in [-0.4, -0.2) is 47.4 Å². The maximum atomic E-state index is 15.5. The Balaban J connectivity index is 1.62. The fourth-order valence-corrected chi connectivity index (χ4v) is 5.19. The predicted molar refractivity (Wildman–Crippen MR) is 139 cm³/mol. The summed E-state index contributed by atoms with van der Waals surface area (Å²) in [6, 6.07) is 5.49. The van der Waals surface area contributed by atoms with E-state index in [0.717, 1.165) is 25.0 Å². The van der Waals surface area contributed by atoms with Crippen molar-refractivity contribution < 1.29 is 22.9 Å². The summed E-state index contributed by atoms with van der Waals surface area (Å²) >= 11 is -1.73. The number of carbonyl (C=O) groups is 1. The first-order valence-corrected chi connectivity index (χ1v) is 13.6. The number of ketones is 1. The molecular weight excluding hydrogens is 528 g/mol. The number of fused-ring (bicyclic) bond motifs is 1. The van der Waals surface area contributed by atoms with Gasteiger partial charge in [-0.2, -0.15) is 10.4 Å². The summed E-state index contributed by atoms with van der Waals surface area (Å²) < 4.78 is 51.8. The van der Waals surface area contributed by atoms with Crippen molar-refractivity contribution in [1.82, 2.24) is 24.7 Å². The first kappa shape index (κ1) is 26.6.